The monoisotopic (exact) mass is 298 g/mol. The zero-order chi connectivity index (χ0) is 15.0. The highest BCUT2D eigenvalue weighted by atomic mass is 35.5. The van der Waals surface area contributed by atoms with Gasteiger partial charge in [-0.25, -0.2) is 0 Å². The van der Waals surface area contributed by atoms with E-state index < -0.39 is 0 Å². The molecular weight excluding hydrogens is 272 g/mol. The Labute approximate surface area is 128 Å². The van der Waals surface area contributed by atoms with Crippen molar-refractivity contribution in [1.29, 1.82) is 0 Å². The van der Waals surface area contributed by atoms with Gasteiger partial charge in [-0.3, -0.25) is 0 Å². The summed E-state index contributed by atoms with van der Waals surface area (Å²) in [5, 5.41) is 4.23. The van der Waals surface area contributed by atoms with Crippen molar-refractivity contribution in [2.45, 2.75) is 27.7 Å². The van der Waals surface area contributed by atoms with Crippen LogP contribution >= 0.6 is 11.6 Å². The summed E-state index contributed by atoms with van der Waals surface area (Å²) >= 11 is 6.14. The fourth-order valence-corrected chi connectivity index (χ4v) is 2.24. The minimum Gasteiger partial charge on any atom is -0.492 e. The van der Waals surface area contributed by atoms with E-state index in [4.69, 9.17) is 16.3 Å². The van der Waals surface area contributed by atoms with Crippen molar-refractivity contribution < 1.29 is 4.74 Å². The van der Waals surface area contributed by atoms with Gasteiger partial charge in [-0.05, 0) is 50.2 Å². The molecule has 0 aliphatic heterocycles. The molecule has 0 aromatic heterocycles. The Balaban J connectivity index is 2.22. The third-order valence-corrected chi connectivity index (χ3v) is 4.05. The van der Waals surface area contributed by atoms with Crippen LogP contribution in [0.2, 0.25) is 5.02 Å². The second-order valence-electron chi connectivity index (χ2n) is 5.00. The Morgan fingerprint density at radius 3 is 2.25 bits per heavy atom. The minimum absolute atomic E-state index is 0.679. The summed E-state index contributed by atoms with van der Waals surface area (Å²) in [4.78, 5) is 2.40. The van der Waals surface area contributed by atoms with E-state index in [2.05, 4.69) is 24.1 Å². The van der Waals surface area contributed by atoms with Gasteiger partial charge in [0, 0.05) is 24.7 Å². The number of benzene rings is 1. The lowest BCUT2D eigenvalue weighted by molar-refractivity contribution is 0.285. The van der Waals surface area contributed by atoms with Crippen molar-refractivity contribution in [2.75, 3.05) is 39.3 Å². The Morgan fingerprint density at radius 1 is 1.10 bits per heavy atom. The molecule has 0 saturated carbocycles. The molecule has 1 aromatic rings. The van der Waals surface area contributed by atoms with E-state index in [1.165, 1.54) is 0 Å². The highest BCUT2D eigenvalue weighted by Gasteiger charge is 2.03. The maximum Gasteiger partial charge on any atom is 0.119 e. The molecule has 0 heterocycles. The summed E-state index contributed by atoms with van der Waals surface area (Å²) in [5.74, 6) is 0.898. The fraction of sp³-hybridized carbons (Fsp3) is 0.625. The standard InChI is InChI=1S/C16H27ClN2O/c1-5-19(6-2)9-7-18-8-10-20-15-11-13(3)16(17)14(4)12-15/h11-12,18H,5-10H2,1-4H3. The first kappa shape index (κ1) is 17.3. The van der Waals surface area contributed by atoms with Gasteiger partial charge >= 0.3 is 0 Å². The SMILES string of the molecule is CCN(CC)CCNCCOc1cc(C)c(Cl)c(C)c1. The maximum atomic E-state index is 6.14. The molecule has 0 unspecified atom stereocenters. The van der Waals surface area contributed by atoms with Gasteiger partial charge in [-0.2, -0.15) is 0 Å². The van der Waals surface area contributed by atoms with Crippen molar-refractivity contribution in [3.05, 3.63) is 28.3 Å². The Kier molecular flexibility index (Phi) is 7.97. The predicted octanol–water partition coefficient (Wildman–Crippen LogP) is 3.27. The number of hydrogen-bond acceptors (Lipinski definition) is 3. The van der Waals surface area contributed by atoms with Gasteiger partial charge in [0.15, 0.2) is 0 Å². The summed E-state index contributed by atoms with van der Waals surface area (Å²) in [6.45, 7) is 14.2. The number of nitrogens with zero attached hydrogens (tertiary/aromatic N) is 1. The molecule has 0 saturated heterocycles. The third kappa shape index (κ3) is 5.70. The van der Waals surface area contributed by atoms with Crippen LogP contribution in [0.3, 0.4) is 0 Å². The van der Waals surface area contributed by atoms with E-state index in [-0.39, 0.29) is 0 Å². The van der Waals surface area contributed by atoms with E-state index in [1.54, 1.807) is 0 Å². The molecule has 0 radical (unpaired) electrons. The maximum absolute atomic E-state index is 6.14. The van der Waals surface area contributed by atoms with Crippen LogP contribution in [0.15, 0.2) is 12.1 Å². The van der Waals surface area contributed by atoms with Gasteiger partial charge in [-0.15, -0.1) is 0 Å². The quantitative estimate of drug-likeness (QED) is 0.708. The largest absolute Gasteiger partial charge is 0.492 e. The number of hydrogen-bond donors (Lipinski definition) is 1. The fourth-order valence-electron chi connectivity index (χ4n) is 2.13. The molecule has 0 bridgehead atoms. The zero-order valence-electron chi connectivity index (χ0n) is 13.1. The van der Waals surface area contributed by atoms with E-state index in [0.717, 1.165) is 54.6 Å². The van der Waals surface area contributed by atoms with Crippen LogP contribution < -0.4 is 10.1 Å². The van der Waals surface area contributed by atoms with Crippen LogP contribution in [0.1, 0.15) is 25.0 Å². The number of halogens is 1. The molecule has 4 heteroatoms. The number of aryl methyl sites for hydroxylation is 2. The Hall–Kier alpha value is -0.770. The number of ether oxygens (including phenoxy) is 1. The normalized spacial score (nSPS) is 11.1. The smallest absolute Gasteiger partial charge is 0.119 e. The van der Waals surface area contributed by atoms with E-state index in [1.807, 2.05) is 26.0 Å². The van der Waals surface area contributed by atoms with Crippen LogP contribution in [0, 0.1) is 13.8 Å². The van der Waals surface area contributed by atoms with Crippen molar-refractivity contribution in [3.63, 3.8) is 0 Å². The molecule has 0 atom stereocenters. The molecule has 1 aromatic carbocycles. The van der Waals surface area contributed by atoms with Crippen LogP contribution in [-0.4, -0.2) is 44.2 Å². The molecule has 0 spiro atoms. The lowest BCUT2D eigenvalue weighted by Gasteiger charge is -2.18. The van der Waals surface area contributed by atoms with E-state index in [9.17, 15) is 0 Å². The first-order valence-electron chi connectivity index (χ1n) is 7.41. The van der Waals surface area contributed by atoms with Crippen molar-refractivity contribution in [1.82, 2.24) is 10.2 Å². The molecule has 0 fully saturated rings. The van der Waals surface area contributed by atoms with Crippen molar-refractivity contribution in [2.24, 2.45) is 0 Å². The van der Waals surface area contributed by atoms with Gasteiger partial charge < -0.3 is 15.0 Å². The van der Waals surface area contributed by atoms with Gasteiger partial charge in [0.05, 0.1) is 0 Å². The first-order chi connectivity index (χ1) is 9.58. The lowest BCUT2D eigenvalue weighted by atomic mass is 10.1. The summed E-state index contributed by atoms with van der Waals surface area (Å²) < 4.78 is 5.75. The minimum atomic E-state index is 0.679. The molecule has 1 N–H and O–H groups in total. The number of likely N-dealkylation sites (N-methyl/N-ethyl adjacent to an activating group) is 1. The number of nitrogens with one attached hydrogen (secondary N) is 1. The van der Waals surface area contributed by atoms with Gasteiger partial charge in [0.25, 0.3) is 0 Å². The summed E-state index contributed by atoms with van der Waals surface area (Å²) in [7, 11) is 0. The highest BCUT2D eigenvalue weighted by Crippen LogP contribution is 2.25. The topological polar surface area (TPSA) is 24.5 Å². The van der Waals surface area contributed by atoms with Crippen LogP contribution in [0.4, 0.5) is 0 Å². The molecule has 20 heavy (non-hydrogen) atoms. The molecule has 0 aliphatic rings. The van der Waals surface area contributed by atoms with E-state index in [0.29, 0.717) is 6.61 Å². The van der Waals surface area contributed by atoms with E-state index >= 15 is 0 Å². The second-order valence-corrected chi connectivity index (χ2v) is 5.37. The van der Waals surface area contributed by atoms with Crippen molar-refractivity contribution in [3.8, 4) is 5.75 Å². The molecule has 3 nitrogen and oxygen atoms in total. The number of rotatable bonds is 9. The van der Waals surface area contributed by atoms with Crippen LogP contribution in [0.5, 0.6) is 5.75 Å². The molecule has 0 amide bonds. The van der Waals surface area contributed by atoms with Crippen LogP contribution in [0.25, 0.3) is 0 Å². The molecule has 114 valence electrons. The lowest BCUT2D eigenvalue weighted by Crippen LogP contribution is -2.33. The third-order valence-electron chi connectivity index (χ3n) is 3.46. The van der Waals surface area contributed by atoms with Crippen LogP contribution in [-0.2, 0) is 0 Å². The average molecular weight is 299 g/mol. The summed E-state index contributed by atoms with van der Waals surface area (Å²) in [5.41, 5.74) is 2.13. The van der Waals surface area contributed by atoms with Gasteiger partial charge in [-0.1, -0.05) is 25.4 Å². The molecular formula is C16H27ClN2O. The average Bonchev–Trinajstić information content (AvgIpc) is 2.44. The second kappa shape index (κ2) is 9.22. The van der Waals surface area contributed by atoms with Gasteiger partial charge in [0.2, 0.25) is 0 Å². The first-order valence-corrected chi connectivity index (χ1v) is 7.78. The predicted molar refractivity (Wildman–Crippen MR) is 87.1 cm³/mol. The molecule has 1 rings (SSSR count). The summed E-state index contributed by atoms with van der Waals surface area (Å²) in [6, 6.07) is 3.98. The molecule has 0 aliphatic carbocycles. The Bertz CT molecular complexity index is 382. The Morgan fingerprint density at radius 2 is 1.70 bits per heavy atom. The zero-order valence-corrected chi connectivity index (χ0v) is 13.9. The summed E-state index contributed by atoms with van der Waals surface area (Å²) in [6.07, 6.45) is 0. The van der Waals surface area contributed by atoms with Crippen molar-refractivity contribution >= 4 is 11.6 Å². The van der Waals surface area contributed by atoms with Gasteiger partial charge in [0.1, 0.15) is 12.4 Å². The highest BCUT2D eigenvalue weighted by molar-refractivity contribution is 6.32.